The molecule has 258 valence electrons. The number of fused-ring (bicyclic) bond motifs is 3. The van der Waals surface area contributed by atoms with E-state index in [0.29, 0.717) is 34.1 Å². The van der Waals surface area contributed by atoms with Crippen LogP contribution in [-0.4, -0.2) is 49.8 Å². The molecule has 1 aromatic heterocycles. The summed E-state index contributed by atoms with van der Waals surface area (Å²) in [5.41, 5.74) is 7.94. The Morgan fingerprint density at radius 1 is 1.00 bits per heavy atom. The maximum Gasteiger partial charge on any atom is 0.296 e. The van der Waals surface area contributed by atoms with Gasteiger partial charge in [-0.2, -0.15) is 13.7 Å². The molecule has 19 heteroatoms. The number of nitriles is 1. The number of ketones is 1. The molecule has 0 bridgehead atoms. The van der Waals surface area contributed by atoms with Crippen LogP contribution >= 0.6 is 12.0 Å². The molecular weight excluding hydrogens is 723 g/mol. The van der Waals surface area contributed by atoms with E-state index in [-0.39, 0.29) is 73.8 Å². The van der Waals surface area contributed by atoms with Crippen molar-refractivity contribution in [3.05, 3.63) is 89.5 Å². The van der Waals surface area contributed by atoms with Crippen molar-refractivity contribution in [2.75, 3.05) is 22.9 Å². The molecule has 7 rings (SSSR count). The van der Waals surface area contributed by atoms with Gasteiger partial charge in [0.05, 0.1) is 68.8 Å². The summed E-state index contributed by atoms with van der Waals surface area (Å²) in [5, 5.41) is 28.3. The summed E-state index contributed by atoms with van der Waals surface area (Å²) < 4.78 is 67.8. The van der Waals surface area contributed by atoms with Gasteiger partial charge in [-0.25, -0.2) is 23.7 Å². The summed E-state index contributed by atoms with van der Waals surface area (Å²) in [6, 6.07) is 20.3. The first-order valence-electron chi connectivity index (χ1n) is 14.7. The lowest BCUT2D eigenvalue weighted by molar-refractivity contribution is -0.432. The Morgan fingerprint density at radius 2 is 1.75 bits per heavy atom. The number of pyridine rings is 1. The molecule has 0 saturated heterocycles. The van der Waals surface area contributed by atoms with Gasteiger partial charge in [0.15, 0.2) is 11.6 Å². The van der Waals surface area contributed by atoms with Crippen molar-refractivity contribution in [2.45, 2.75) is 21.1 Å². The van der Waals surface area contributed by atoms with Crippen LogP contribution in [-0.2, 0) is 29.5 Å². The lowest BCUT2D eigenvalue weighted by Crippen LogP contribution is -2.35. The number of sulfonamides is 1. The van der Waals surface area contributed by atoms with E-state index in [1.807, 2.05) is 0 Å². The summed E-state index contributed by atoms with van der Waals surface area (Å²) >= 11 is 0.381. The Balaban J connectivity index is 1.53. The molecule has 2 aliphatic rings. The minimum atomic E-state index is -4.78. The van der Waals surface area contributed by atoms with Crippen molar-refractivity contribution < 1.29 is 40.8 Å². The van der Waals surface area contributed by atoms with Crippen LogP contribution < -0.4 is 21.1 Å². The average molecular weight is 746 g/mol. The molecule has 0 spiro atoms. The van der Waals surface area contributed by atoms with E-state index in [1.165, 1.54) is 12.1 Å². The molecule has 2 heterocycles. The molecule has 0 fully saturated rings. The number of carbonyl (C=O) groups excluding carboxylic acids is 1. The molecule has 0 radical (unpaired) electrons. The number of nitrogens with two attached hydrogens (primary N) is 1. The highest BCUT2D eigenvalue weighted by molar-refractivity contribution is 7.94. The summed E-state index contributed by atoms with van der Waals surface area (Å²) in [6.45, 7) is 0.159. The van der Waals surface area contributed by atoms with Crippen molar-refractivity contribution in [1.29, 1.82) is 5.26 Å². The van der Waals surface area contributed by atoms with Gasteiger partial charge in [-0.1, -0.05) is 41.4 Å². The van der Waals surface area contributed by atoms with E-state index in [2.05, 4.69) is 35.8 Å². The predicted octanol–water partition coefficient (Wildman–Crippen LogP) is 5.14. The fraction of sp³-hybridized carbons (Fsp3) is 0.0625. The Morgan fingerprint density at radius 3 is 2.49 bits per heavy atom. The number of hydrogen-bond acceptors (Lipinski definition) is 15. The van der Waals surface area contributed by atoms with Crippen LogP contribution in [0.4, 0.5) is 28.6 Å². The third-order valence-electron chi connectivity index (χ3n) is 8.02. The maximum atomic E-state index is 14.4. The monoisotopic (exact) mass is 745 g/mol. The molecule has 16 nitrogen and oxygen atoms in total. The van der Waals surface area contributed by atoms with E-state index in [9.17, 15) is 31.4 Å². The first-order chi connectivity index (χ1) is 24.4. The van der Waals surface area contributed by atoms with Gasteiger partial charge in [-0.15, -0.1) is 4.33 Å². The minimum absolute atomic E-state index is 0.0254. The summed E-state index contributed by atoms with van der Waals surface area (Å²) in [4.78, 5) is 23.2. The molecule has 0 atom stereocenters. The zero-order chi connectivity index (χ0) is 36.1. The zero-order valence-corrected chi connectivity index (χ0v) is 28.2. The number of rotatable bonds is 10. The second kappa shape index (κ2) is 12.9. The molecule has 0 unspecified atom stereocenters. The van der Waals surface area contributed by atoms with Crippen LogP contribution in [0.3, 0.4) is 0 Å². The van der Waals surface area contributed by atoms with E-state index in [0.717, 1.165) is 6.07 Å². The van der Waals surface area contributed by atoms with E-state index >= 15 is 0 Å². The van der Waals surface area contributed by atoms with E-state index in [4.69, 9.17) is 16.0 Å². The number of nitrogen functional groups attached to an aromatic ring is 1. The number of aromatic nitrogens is 1. The van der Waals surface area contributed by atoms with Gasteiger partial charge >= 0.3 is 0 Å². The number of nitrogens with zero attached hydrogens (tertiary/aromatic N) is 3. The number of anilines is 4. The summed E-state index contributed by atoms with van der Waals surface area (Å²) in [7, 11) is -8.88. The molecule has 51 heavy (non-hydrogen) atoms. The minimum Gasteiger partial charge on any atom is -0.398 e. The Hall–Kier alpha value is -5.59. The zero-order valence-electron chi connectivity index (χ0n) is 25.7. The number of para-hydroxylation sites is 1. The highest BCUT2D eigenvalue weighted by atomic mass is 32.2. The first kappa shape index (κ1) is 33.9. The van der Waals surface area contributed by atoms with Crippen LogP contribution in [0.5, 0.6) is 0 Å². The van der Waals surface area contributed by atoms with Crippen molar-refractivity contribution in [3.8, 4) is 17.2 Å². The molecule has 5 aromatic rings. The van der Waals surface area contributed by atoms with Crippen LogP contribution in [0.25, 0.3) is 22.0 Å². The number of aliphatic imine (C=N–C) groups is 1. The van der Waals surface area contributed by atoms with Crippen LogP contribution in [0.1, 0.15) is 27.9 Å². The molecule has 0 amide bonds. The number of carbonyl (C=O) groups is 1. The van der Waals surface area contributed by atoms with Crippen molar-refractivity contribution in [2.24, 2.45) is 4.99 Å². The topological polar surface area (TPSA) is 255 Å². The van der Waals surface area contributed by atoms with E-state index in [1.54, 1.807) is 54.6 Å². The smallest absolute Gasteiger partial charge is 0.296 e. The SMILES string of the molecule is N#CCCNc1nc2ccc(Nc3cc(N)c(S(=O)(=O)O)cc3SOOO)c3c2c(c1C1=Nc2ccccc2S(=O)(=O)N1)-c1ccccc1C3=O. The quantitative estimate of drug-likeness (QED) is 0.0265. The number of nitrogens with one attached hydrogen (secondary N) is 3. The molecule has 1 aliphatic heterocycles. The molecule has 7 N–H and O–H groups in total. The van der Waals surface area contributed by atoms with Crippen LogP contribution in [0, 0.1) is 11.3 Å². The summed E-state index contributed by atoms with van der Waals surface area (Å²) in [6.07, 6.45) is 0.101. The fourth-order valence-electron chi connectivity index (χ4n) is 5.97. The van der Waals surface area contributed by atoms with Gasteiger partial charge in [0.25, 0.3) is 20.1 Å². The van der Waals surface area contributed by atoms with E-state index < -0.39 is 30.8 Å². The Kier molecular flexibility index (Phi) is 8.60. The van der Waals surface area contributed by atoms with Gasteiger partial charge in [0.1, 0.15) is 15.6 Å². The molecule has 1 aliphatic carbocycles. The maximum absolute atomic E-state index is 14.4. The van der Waals surface area contributed by atoms with Crippen molar-refractivity contribution in [3.63, 3.8) is 0 Å². The second-order valence-corrected chi connectivity index (χ2v) is 14.8. The largest absolute Gasteiger partial charge is 0.398 e. The lowest BCUT2D eigenvalue weighted by atomic mass is 9.81. The third-order valence-corrected chi connectivity index (χ3v) is 11.0. The molecule has 4 aromatic carbocycles. The number of benzene rings is 4. The predicted molar refractivity (Wildman–Crippen MR) is 187 cm³/mol. The second-order valence-electron chi connectivity index (χ2n) is 11.0. The normalized spacial score (nSPS) is 14.1. The number of amidine groups is 1. The van der Waals surface area contributed by atoms with Crippen LogP contribution in [0.15, 0.2) is 92.5 Å². The van der Waals surface area contributed by atoms with Gasteiger partial charge in [-0.3, -0.25) is 14.1 Å². The van der Waals surface area contributed by atoms with Gasteiger partial charge in [0.2, 0.25) is 0 Å². The summed E-state index contributed by atoms with van der Waals surface area (Å²) in [5.74, 6) is -0.287. The molecule has 0 saturated carbocycles. The Labute approximate surface area is 293 Å². The standard InChI is InChI=1S/C32H23N7O9S3/c33-12-5-13-35-31-29(32-37-19-8-3-4-9-24(19)50(42,43)39-32)26-16-6-1-2-7-17(16)30(40)28-21(11-10-20(38-31)27(26)28)36-22-14-18(34)25(51(44,45)46)15-23(22)49-48-47-41/h1-4,6-11,14-15,36,41H,5,13,34H2,(H,35,38)(H,37,39)(H,44,45,46). The third kappa shape index (κ3) is 6.00. The highest BCUT2D eigenvalue weighted by Gasteiger charge is 2.36. The van der Waals surface area contributed by atoms with Gasteiger partial charge < -0.3 is 16.4 Å². The average Bonchev–Trinajstić information content (AvgIpc) is 3.09. The lowest BCUT2D eigenvalue weighted by Gasteiger charge is -2.28. The Bertz CT molecular complexity index is 2610. The highest BCUT2D eigenvalue weighted by Crippen LogP contribution is 2.47. The van der Waals surface area contributed by atoms with Crippen molar-refractivity contribution >= 4 is 83.3 Å². The van der Waals surface area contributed by atoms with Crippen molar-refractivity contribution in [1.82, 2.24) is 9.71 Å². The van der Waals surface area contributed by atoms with Crippen LogP contribution in [0.2, 0.25) is 0 Å². The van der Waals surface area contributed by atoms with Gasteiger partial charge in [0, 0.05) is 23.1 Å². The first-order valence-corrected chi connectivity index (χ1v) is 18.4. The van der Waals surface area contributed by atoms with Gasteiger partial charge in [-0.05, 0) is 42.0 Å². The number of hydrogen-bond donors (Lipinski definition) is 6. The molecular formula is C32H23N7O9S3. The fourth-order valence-corrected chi connectivity index (χ4v) is 8.30.